The standard InChI is InChI=1S/C29H38N4O5/c30-27(35)26(23-6-2-1-3-7-23)31-28(36)25-9-5-4-8-24(25)22-12-10-21(11-13-22)20-38-29(37)33-16-14-32(15-17-33)18-19-34/h1-3,6-7,10-13,24-26,34H,4-5,8-9,14-20H2,(H2,30,35)(H,31,36). The van der Waals surface area contributed by atoms with Gasteiger partial charge in [-0.25, -0.2) is 4.79 Å². The van der Waals surface area contributed by atoms with Crippen molar-refractivity contribution >= 4 is 17.9 Å². The molecule has 1 heterocycles. The second-order valence-electron chi connectivity index (χ2n) is 10.1. The van der Waals surface area contributed by atoms with Gasteiger partial charge < -0.3 is 25.8 Å². The molecule has 1 saturated carbocycles. The molecule has 2 fully saturated rings. The number of piperazine rings is 1. The quantitative estimate of drug-likeness (QED) is 0.465. The SMILES string of the molecule is NC(=O)C(NC(=O)C1CCCCC1c1ccc(COC(=O)N2CCN(CCO)CC2)cc1)c1ccccc1. The van der Waals surface area contributed by atoms with Crippen molar-refractivity contribution in [3.63, 3.8) is 0 Å². The fourth-order valence-corrected chi connectivity index (χ4v) is 5.45. The van der Waals surface area contributed by atoms with Gasteiger partial charge in [0.25, 0.3) is 0 Å². The summed E-state index contributed by atoms with van der Waals surface area (Å²) in [6.07, 6.45) is 3.31. The van der Waals surface area contributed by atoms with Crippen LogP contribution in [-0.2, 0) is 20.9 Å². The fourth-order valence-electron chi connectivity index (χ4n) is 5.45. The Morgan fingerprint density at radius 3 is 2.32 bits per heavy atom. The summed E-state index contributed by atoms with van der Waals surface area (Å²) in [5.41, 5.74) is 8.24. The number of primary amides is 1. The molecule has 0 spiro atoms. The van der Waals surface area contributed by atoms with Crippen LogP contribution in [0.3, 0.4) is 0 Å². The maximum Gasteiger partial charge on any atom is 0.410 e. The van der Waals surface area contributed by atoms with Crippen LogP contribution in [0.1, 0.15) is 54.3 Å². The lowest BCUT2D eigenvalue weighted by Crippen LogP contribution is -2.49. The Hall–Kier alpha value is -3.43. The minimum Gasteiger partial charge on any atom is -0.445 e. The lowest BCUT2D eigenvalue weighted by atomic mass is 9.74. The van der Waals surface area contributed by atoms with Crippen molar-refractivity contribution in [2.45, 2.75) is 44.2 Å². The normalized spacial score (nSPS) is 20.9. The Balaban J connectivity index is 1.34. The zero-order valence-electron chi connectivity index (χ0n) is 21.8. The average molecular weight is 523 g/mol. The van der Waals surface area contributed by atoms with Gasteiger partial charge in [0.2, 0.25) is 11.8 Å². The number of β-amino-alcohol motifs (C(OH)–C–C–N with tert-alkyl or cyclic N) is 1. The monoisotopic (exact) mass is 522 g/mol. The molecule has 3 amide bonds. The first kappa shape index (κ1) is 27.6. The number of nitrogens with two attached hydrogens (primary N) is 1. The van der Waals surface area contributed by atoms with Crippen LogP contribution in [0.25, 0.3) is 0 Å². The molecule has 2 aromatic rings. The molecule has 1 saturated heterocycles. The highest BCUT2D eigenvalue weighted by Crippen LogP contribution is 2.38. The van der Waals surface area contributed by atoms with Gasteiger partial charge in [0.05, 0.1) is 6.61 Å². The van der Waals surface area contributed by atoms with E-state index < -0.39 is 11.9 Å². The van der Waals surface area contributed by atoms with Gasteiger partial charge in [0.15, 0.2) is 0 Å². The van der Waals surface area contributed by atoms with Gasteiger partial charge in [-0.2, -0.15) is 0 Å². The Bertz CT molecular complexity index is 1070. The Labute approximate surface area is 223 Å². The van der Waals surface area contributed by atoms with Gasteiger partial charge in [-0.1, -0.05) is 67.4 Å². The summed E-state index contributed by atoms with van der Waals surface area (Å²) in [4.78, 5) is 41.7. The van der Waals surface area contributed by atoms with E-state index in [0.29, 0.717) is 25.2 Å². The minimum absolute atomic E-state index is 0.0415. The summed E-state index contributed by atoms with van der Waals surface area (Å²) in [6, 6.07) is 16.1. The van der Waals surface area contributed by atoms with Crippen molar-refractivity contribution in [3.8, 4) is 0 Å². The molecule has 2 aliphatic rings. The van der Waals surface area contributed by atoms with Crippen molar-refractivity contribution < 1.29 is 24.2 Å². The van der Waals surface area contributed by atoms with E-state index in [1.807, 2.05) is 42.5 Å². The van der Waals surface area contributed by atoms with Crippen LogP contribution in [0.15, 0.2) is 54.6 Å². The number of hydrogen-bond donors (Lipinski definition) is 3. The van der Waals surface area contributed by atoms with Gasteiger partial charge in [-0.3, -0.25) is 14.5 Å². The summed E-state index contributed by atoms with van der Waals surface area (Å²) < 4.78 is 5.53. The van der Waals surface area contributed by atoms with Crippen LogP contribution in [0.4, 0.5) is 4.79 Å². The molecule has 4 N–H and O–H groups in total. The Kier molecular flexibility index (Phi) is 9.73. The summed E-state index contributed by atoms with van der Waals surface area (Å²) in [6.45, 7) is 3.55. The molecule has 1 aliphatic heterocycles. The van der Waals surface area contributed by atoms with E-state index >= 15 is 0 Å². The lowest BCUT2D eigenvalue weighted by molar-refractivity contribution is -0.131. The third-order valence-corrected chi connectivity index (χ3v) is 7.62. The minimum atomic E-state index is -0.860. The van der Waals surface area contributed by atoms with E-state index in [1.165, 1.54) is 0 Å². The summed E-state index contributed by atoms with van der Waals surface area (Å²) in [5.74, 6) is -0.940. The van der Waals surface area contributed by atoms with Crippen LogP contribution in [-0.4, -0.2) is 72.1 Å². The average Bonchev–Trinajstić information content (AvgIpc) is 2.95. The van der Waals surface area contributed by atoms with E-state index in [-0.39, 0.29) is 37.0 Å². The first-order chi connectivity index (χ1) is 18.5. The Morgan fingerprint density at radius 2 is 1.66 bits per heavy atom. The number of carbonyl (C=O) groups is 3. The molecule has 3 atom stereocenters. The van der Waals surface area contributed by atoms with Gasteiger partial charge >= 0.3 is 6.09 Å². The topological polar surface area (TPSA) is 125 Å². The molecule has 9 nitrogen and oxygen atoms in total. The zero-order valence-corrected chi connectivity index (χ0v) is 21.8. The van der Waals surface area contributed by atoms with Crippen molar-refractivity contribution in [2.24, 2.45) is 11.7 Å². The first-order valence-electron chi connectivity index (χ1n) is 13.4. The smallest absolute Gasteiger partial charge is 0.410 e. The van der Waals surface area contributed by atoms with Crippen LogP contribution < -0.4 is 11.1 Å². The number of aliphatic hydroxyl groups is 1. The maximum absolute atomic E-state index is 13.3. The van der Waals surface area contributed by atoms with Crippen molar-refractivity contribution in [2.75, 3.05) is 39.3 Å². The number of nitrogens with one attached hydrogen (secondary N) is 1. The molecule has 0 aromatic heterocycles. The second-order valence-corrected chi connectivity index (χ2v) is 10.1. The van der Waals surface area contributed by atoms with E-state index in [4.69, 9.17) is 15.6 Å². The molecule has 1 aliphatic carbocycles. The van der Waals surface area contributed by atoms with Gasteiger partial charge in [-0.05, 0) is 35.4 Å². The molecule has 4 rings (SSSR count). The summed E-state index contributed by atoms with van der Waals surface area (Å²) >= 11 is 0. The lowest BCUT2D eigenvalue weighted by Gasteiger charge is -2.33. The van der Waals surface area contributed by atoms with Crippen LogP contribution in [0.2, 0.25) is 0 Å². The number of ether oxygens (including phenoxy) is 1. The highest BCUT2D eigenvalue weighted by Gasteiger charge is 2.34. The predicted octanol–water partition coefficient (Wildman–Crippen LogP) is 2.55. The van der Waals surface area contributed by atoms with Gasteiger partial charge in [0.1, 0.15) is 12.6 Å². The Morgan fingerprint density at radius 1 is 0.974 bits per heavy atom. The third-order valence-electron chi connectivity index (χ3n) is 7.62. The van der Waals surface area contributed by atoms with Crippen molar-refractivity contribution in [1.82, 2.24) is 15.1 Å². The van der Waals surface area contributed by atoms with E-state index in [0.717, 1.165) is 49.9 Å². The molecule has 204 valence electrons. The highest BCUT2D eigenvalue weighted by atomic mass is 16.6. The summed E-state index contributed by atoms with van der Waals surface area (Å²) in [7, 11) is 0. The largest absolute Gasteiger partial charge is 0.445 e. The zero-order chi connectivity index (χ0) is 26.9. The van der Waals surface area contributed by atoms with Crippen LogP contribution in [0.5, 0.6) is 0 Å². The molecular weight excluding hydrogens is 484 g/mol. The van der Waals surface area contributed by atoms with E-state index in [2.05, 4.69) is 10.2 Å². The predicted molar refractivity (Wildman–Crippen MR) is 143 cm³/mol. The van der Waals surface area contributed by atoms with Crippen LogP contribution >= 0.6 is 0 Å². The molecule has 38 heavy (non-hydrogen) atoms. The van der Waals surface area contributed by atoms with Crippen molar-refractivity contribution in [1.29, 1.82) is 0 Å². The molecule has 3 unspecified atom stereocenters. The van der Waals surface area contributed by atoms with Crippen LogP contribution in [0, 0.1) is 5.92 Å². The van der Waals surface area contributed by atoms with Gasteiger partial charge in [-0.15, -0.1) is 0 Å². The number of benzene rings is 2. The van der Waals surface area contributed by atoms with Gasteiger partial charge in [0, 0.05) is 38.6 Å². The molecular formula is C29H38N4O5. The molecule has 9 heteroatoms. The second kappa shape index (κ2) is 13.4. The van der Waals surface area contributed by atoms with Crippen molar-refractivity contribution in [3.05, 3.63) is 71.3 Å². The maximum atomic E-state index is 13.3. The van der Waals surface area contributed by atoms with E-state index in [1.54, 1.807) is 17.0 Å². The number of rotatable bonds is 9. The number of aliphatic hydroxyl groups excluding tert-OH is 1. The fraction of sp³-hybridized carbons (Fsp3) is 0.483. The molecule has 0 radical (unpaired) electrons. The van der Waals surface area contributed by atoms with E-state index in [9.17, 15) is 14.4 Å². The molecule has 0 bridgehead atoms. The number of amides is 3. The summed E-state index contributed by atoms with van der Waals surface area (Å²) in [5, 5.41) is 12.0. The number of nitrogens with zero attached hydrogens (tertiary/aromatic N) is 2. The first-order valence-corrected chi connectivity index (χ1v) is 13.4. The molecule has 2 aromatic carbocycles. The highest BCUT2D eigenvalue weighted by molar-refractivity contribution is 5.89. The third kappa shape index (κ3) is 7.11. The number of hydrogen-bond acceptors (Lipinski definition) is 6. The number of carbonyl (C=O) groups excluding carboxylic acids is 3.